The van der Waals surface area contributed by atoms with Crippen molar-refractivity contribution in [3.63, 3.8) is 0 Å². The molecule has 0 saturated carbocycles. The Morgan fingerprint density at radius 3 is 2.65 bits per heavy atom. The molecule has 0 aliphatic rings. The number of carbonyl (C=O) groups is 1. The van der Waals surface area contributed by atoms with Crippen LogP contribution in [-0.4, -0.2) is 23.3 Å². The average molecular weight is 374 g/mol. The Morgan fingerprint density at radius 2 is 1.92 bits per heavy atom. The van der Waals surface area contributed by atoms with Crippen LogP contribution in [0.4, 0.5) is 14.5 Å². The second kappa shape index (κ2) is 8.14. The Labute approximate surface area is 153 Å². The maximum Gasteiger partial charge on any atom is 0.387 e. The van der Waals surface area contributed by atoms with Crippen molar-refractivity contribution in [1.29, 1.82) is 0 Å². The lowest BCUT2D eigenvalue weighted by atomic mass is 10.1. The molecule has 26 heavy (non-hydrogen) atoms. The van der Waals surface area contributed by atoms with Gasteiger partial charge in [0.05, 0.1) is 16.3 Å². The van der Waals surface area contributed by atoms with E-state index in [1.165, 1.54) is 36.0 Å². The van der Waals surface area contributed by atoms with Gasteiger partial charge in [0, 0.05) is 11.1 Å². The zero-order valence-electron chi connectivity index (χ0n) is 13.9. The monoisotopic (exact) mass is 374 g/mol. The number of para-hydroxylation sites is 1. The first kappa shape index (κ1) is 18.1. The lowest BCUT2D eigenvalue weighted by Gasteiger charge is -2.08. The molecule has 0 radical (unpaired) electrons. The van der Waals surface area contributed by atoms with Gasteiger partial charge in [-0.2, -0.15) is 8.78 Å². The van der Waals surface area contributed by atoms with Crippen LogP contribution in [-0.2, 0) is 4.79 Å². The Morgan fingerprint density at radius 1 is 1.19 bits per heavy atom. The number of aromatic nitrogens is 1. The number of thioether (sulfide) groups is 1. The van der Waals surface area contributed by atoms with Crippen LogP contribution in [0.3, 0.4) is 0 Å². The van der Waals surface area contributed by atoms with Crippen LogP contribution in [0.2, 0.25) is 0 Å². The molecule has 0 unspecified atom stereocenters. The summed E-state index contributed by atoms with van der Waals surface area (Å²) in [5.74, 6) is 0.0356. The number of halogens is 2. The lowest BCUT2D eigenvalue weighted by molar-refractivity contribution is -0.113. The molecule has 2 aromatic carbocycles. The zero-order valence-corrected chi connectivity index (χ0v) is 14.7. The summed E-state index contributed by atoms with van der Waals surface area (Å²) in [7, 11) is 0. The van der Waals surface area contributed by atoms with Crippen molar-refractivity contribution < 1.29 is 18.3 Å². The number of aryl methyl sites for hydroxylation is 1. The van der Waals surface area contributed by atoms with Gasteiger partial charge in [0.15, 0.2) is 0 Å². The summed E-state index contributed by atoms with van der Waals surface area (Å²) < 4.78 is 28.5. The van der Waals surface area contributed by atoms with E-state index in [4.69, 9.17) is 0 Å². The van der Waals surface area contributed by atoms with E-state index in [-0.39, 0.29) is 17.4 Å². The molecule has 0 aliphatic heterocycles. The number of nitrogens with zero attached hydrogens (tertiary/aromatic N) is 1. The topological polar surface area (TPSA) is 51.2 Å². The van der Waals surface area contributed by atoms with Gasteiger partial charge < -0.3 is 10.1 Å². The summed E-state index contributed by atoms with van der Waals surface area (Å²) in [5, 5.41) is 4.58. The molecular formula is C19H16F2N2O2S. The molecule has 3 aromatic rings. The number of carbonyl (C=O) groups excluding carboxylic acids is 1. The third kappa shape index (κ3) is 4.70. The summed E-state index contributed by atoms with van der Waals surface area (Å²) in [6.45, 7) is -0.860. The summed E-state index contributed by atoms with van der Waals surface area (Å²) in [4.78, 5) is 16.6. The number of pyridine rings is 1. The number of hydrogen-bond donors (Lipinski definition) is 1. The molecule has 4 nitrogen and oxygen atoms in total. The molecule has 0 fully saturated rings. The van der Waals surface area contributed by atoms with E-state index in [9.17, 15) is 13.6 Å². The number of hydrogen-bond acceptors (Lipinski definition) is 4. The minimum absolute atomic E-state index is 0.0446. The fourth-order valence-electron chi connectivity index (χ4n) is 2.45. The molecule has 3 rings (SSSR count). The van der Waals surface area contributed by atoms with Crippen LogP contribution >= 0.6 is 11.8 Å². The first-order valence-electron chi connectivity index (χ1n) is 7.85. The molecule has 1 aromatic heterocycles. The number of benzene rings is 2. The molecule has 134 valence electrons. The van der Waals surface area contributed by atoms with Crippen LogP contribution in [0.5, 0.6) is 5.75 Å². The van der Waals surface area contributed by atoms with Gasteiger partial charge in [-0.15, -0.1) is 0 Å². The van der Waals surface area contributed by atoms with E-state index < -0.39 is 6.61 Å². The van der Waals surface area contributed by atoms with E-state index in [2.05, 4.69) is 15.0 Å². The van der Waals surface area contributed by atoms with Crippen molar-refractivity contribution in [2.45, 2.75) is 18.6 Å². The van der Waals surface area contributed by atoms with Crippen molar-refractivity contribution in [3.05, 3.63) is 60.2 Å². The Bertz CT molecular complexity index is 917. The SMILES string of the molecule is Cc1cc(SCC(=O)Nc2ccc(OC(F)F)cc2)nc2ccccc12. The van der Waals surface area contributed by atoms with E-state index in [0.717, 1.165) is 21.5 Å². The highest BCUT2D eigenvalue weighted by molar-refractivity contribution is 7.99. The van der Waals surface area contributed by atoms with E-state index in [1.807, 2.05) is 37.3 Å². The van der Waals surface area contributed by atoms with Gasteiger partial charge >= 0.3 is 6.61 Å². The molecule has 0 aliphatic carbocycles. The zero-order chi connectivity index (χ0) is 18.5. The summed E-state index contributed by atoms with van der Waals surface area (Å²) in [6, 6.07) is 15.6. The summed E-state index contributed by atoms with van der Waals surface area (Å²) >= 11 is 1.34. The summed E-state index contributed by atoms with van der Waals surface area (Å²) in [5.41, 5.74) is 2.51. The lowest BCUT2D eigenvalue weighted by Crippen LogP contribution is -2.14. The van der Waals surface area contributed by atoms with Crippen molar-refractivity contribution in [1.82, 2.24) is 4.98 Å². The van der Waals surface area contributed by atoms with Crippen molar-refractivity contribution in [2.75, 3.05) is 11.1 Å². The third-order valence-electron chi connectivity index (χ3n) is 3.61. The fourth-order valence-corrected chi connectivity index (χ4v) is 3.22. The van der Waals surface area contributed by atoms with Crippen molar-refractivity contribution in [3.8, 4) is 5.75 Å². The average Bonchev–Trinajstić information content (AvgIpc) is 2.61. The van der Waals surface area contributed by atoms with Crippen LogP contribution < -0.4 is 10.1 Å². The van der Waals surface area contributed by atoms with Gasteiger partial charge in [0.25, 0.3) is 0 Å². The number of fused-ring (bicyclic) bond motifs is 1. The molecule has 1 amide bonds. The number of rotatable bonds is 6. The Kier molecular flexibility index (Phi) is 5.68. The van der Waals surface area contributed by atoms with E-state index in [1.54, 1.807) is 0 Å². The van der Waals surface area contributed by atoms with E-state index in [0.29, 0.717) is 5.69 Å². The highest BCUT2D eigenvalue weighted by Crippen LogP contribution is 2.24. The van der Waals surface area contributed by atoms with E-state index >= 15 is 0 Å². The fraction of sp³-hybridized carbons (Fsp3) is 0.158. The molecule has 0 saturated heterocycles. The van der Waals surface area contributed by atoms with Gasteiger partial charge in [0.2, 0.25) is 5.91 Å². The highest BCUT2D eigenvalue weighted by atomic mass is 32.2. The van der Waals surface area contributed by atoms with Gasteiger partial charge in [-0.1, -0.05) is 30.0 Å². The normalized spacial score (nSPS) is 10.9. The number of nitrogens with one attached hydrogen (secondary N) is 1. The highest BCUT2D eigenvalue weighted by Gasteiger charge is 2.08. The molecular weight excluding hydrogens is 358 g/mol. The van der Waals surface area contributed by atoms with Gasteiger partial charge in [-0.05, 0) is 48.9 Å². The predicted molar refractivity (Wildman–Crippen MR) is 98.9 cm³/mol. The van der Waals surface area contributed by atoms with Gasteiger partial charge in [-0.25, -0.2) is 4.98 Å². The molecule has 1 heterocycles. The second-order valence-electron chi connectivity index (χ2n) is 5.53. The number of amides is 1. The number of alkyl halides is 2. The third-order valence-corrected chi connectivity index (χ3v) is 4.53. The van der Waals surface area contributed by atoms with Crippen molar-refractivity contribution >= 4 is 34.3 Å². The largest absolute Gasteiger partial charge is 0.435 e. The van der Waals surface area contributed by atoms with Crippen LogP contribution in [0, 0.1) is 6.92 Å². The standard InChI is InChI=1S/C19H16F2N2O2S/c1-12-10-18(23-16-5-3-2-4-15(12)16)26-11-17(24)22-13-6-8-14(9-7-13)25-19(20)21/h2-10,19H,11H2,1H3,(H,22,24). The second-order valence-corrected chi connectivity index (χ2v) is 6.53. The minimum atomic E-state index is -2.87. The Balaban J connectivity index is 1.59. The van der Waals surface area contributed by atoms with Crippen LogP contribution in [0.15, 0.2) is 59.6 Å². The van der Waals surface area contributed by atoms with Crippen LogP contribution in [0.1, 0.15) is 5.56 Å². The minimum Gasteiger partial charge on any atom is -0.435 e. The maximum absolute atomic E-state index is 12.1. The first-order chi connectivity index (χ1) is 12.5. The van der Waals surface area contributed by atoms with Gasteiger partial charge in [0.1, 0.15) is 5.75 Å². The van der Waals surface area contributed by atoms with Crippen LogP contribution in [0.25, 0.3) is 10.9 Å². The maximum atomic E-state index is 12.1. The smallest absolute Gasteiger partial charge is 0.387 e. The quantitative estimate of drug-likeness (QED) is 0.625. The van der Waals surface area contributed by atoms with Crippen molar-refractivity contribution in [2.24, 2.45) is 0 Å². The number of ether oxygens (including phenoxy) is 1. The molecule has 0 spiro atoms. The molecule has 1 N–H and O–H groups in total. The number of anilines is 1. The molecule has 0 atom stereocenters. The Hall–Kier alpha value is -2.67. The molecule has 7 heteroatoms. The predicted octanol–water partition coefficient (Wildman–Crippen LogP) is 4.88. The first-order valence-corrected chi connectivity index (χ1v) is 8.84. The summed E-state index contributed by atoms with van der Waals surface area (Å²) in [6.07, 6.45) is 0. The van der Waals surface area contributed by atoms with Gasteiger partial charge in [-0.3, -0.25) is 4.79 Å². The molecule has 0 bridgehead atoms.